The first-order valence-electron chi connectivity index (χ1n) is 7.84. The van der Waals surface area contributed by atoms with Gasteiger partial charge in [-0.3, -0.25) is 15.1 Å². The van der Waals surface area contributed by atoms with Crippen LogP contribution in [0.1, 0.15) is 22.5 Å². The minimum atomic E-state index is -3.15. The number of carbonyl (C=O) groups is 1. The lowest BCUT2D eigenvalue weighted by atomic mass is 10.2. The fraction of sp³-hybridized carbons (Fsp3) is 0.438. The summed E-state index contributed by atoms with van der Waals surface area (Å²) in [5.41, 5.74) is 0.882. The molecule has 26 heavy (non-hydrogen) atoms. The number of rotatable bonds is 7. The summed E-state index contributed by atoms with van der Waals surface area (Å²) in [5.74, 6) is -3.73. The molecule has 1 aromatic rings. The molecule has 2 N–H and O–H groups in total. The van der Waals surface area contributed by atoms with Crippen molar-refractivity contribution >= 4 is 5.91 Å². The number of nitriles is 1. The number of hydrogen-bond acceptors (Lipinski definition) is 5. The molecular formula is C16H19F2N6O2+. The van der Waals surface area contributed by atoms with Gasteiger partial charge < -0.3 is 5.32 Å². The van der Waals surface area contributed by atoms with E-state index >= 15 is 0 Å². The number of hydrazine groups is 1. The Labute approximate surface area is 149 Å². The van der Waals surface area contributed by atoms with Crippen LogP contribution in [0.3, 0.4) is 0 Å². The Balaban J connectivity index is 2.12. The van der Waals surface area contributed by atoms with Gasteiger partial charge in [-0.15, -0.1) is 5.01 Å². The number of halogens is 2. The molecule has 0 spiro atoms. The van der Waals surface area contributed by atoms with Crippen molar-refractivity contribution in [2.75, 3.05) is 13.6 Å². The Morgan fingerprint density at radius 1 is 1.69 bits per heavy atom. The monoisotopic (exact) mass is 365 g/mol. The molecule has 2 atom stereocenters. The van der Waals surface area contributed by atoms with E-state index in [0.717, 1.165) is 6.08 Å². The van der Waals surface area contributed by atoms with Gasteiger partial charge in [-0.05, 0) is 19.2 Å². The van der Waals surface area contributed by atoms with Crippen molar-refractivity contribution in [1.29, 1.82) is 5.26 Å². The predicted octanol–water partition coefficient (Wildman–Crippen LogP) is 0.970. The maximum Gasteiger partial charge on any atom is 0.327 e. The number of nitroso groups, excluding NO2 is 1. The molecule has 1 fully saturated rings. The van der Waals surface area contributed by atoms with Gasteiger partial charge in [0.2, 0.25) is 0 Å². The first kappa shape index (κ1) is 19.4. The minimum absolute atomic E-state index is 0.162. The van der Waals surface area contributed by atoms with Gasteiger partial charge in [0, 0.05) is 24.4 Å². The van der Waals surface area contributed by atoms with Gasteiger partial charge in [0.05, 0.1) is 23.1 Å². The molecule has 10 heteroatoms. The standard InChI is InChI=1S/C16H18F2N6O2/c1-3-14(24(26)23-10-16(17,18)7-13(23)8-19)22-15(25)11-4-5-21-12(6-11)9-20-2/h3-6,13-14,20H,1,7,9-10H2,2H3/p+1/t13-,14+/m0/s1. The number of amides is 1. The molecule has 1 aromatic heterocycles. The Kier molecular flexibility index (Phi) is 5.94. The Morgan fingerprint density at radius 3 is 3.04 bits per heavy atom. The molecule has 8 nitrogen and oxygen atoms in total. The first-order valence-corrected chi connectivity index (χ1v) is 7.84. The molecule has 2 rings (SSSR count). The van der Waals surface area contributed by atoms with Crippen LogP contribution < -0.4 is 10.6 Å². The van der Waals surface area contributed by atoms with Crippen LogP contribution >= 0.6 is 0 Å². The number of hydrogen-bond donors (Lipinski definition) is 2. The Bertz CT molecular complexity index is 749. The van der Waals surface area contributed by atoms with Crippen molar-refractivity contribution in [3.63, 3.8) is 0 Å². The zero-order valence-corrected chi connectivity index (χ0v) is 14.2. The van der Waals surface area contributed by atoms with Crippen LogP contribution in [0.5, 0.6) is 0 Å². The van der Waals surface area contributed by atoms with Gasteiger partial charge in [-0.2, -0.15) is 5.26 Å². The van der Waals surface area contributed by atoms with Crippen LogP contribution in [-0.4, -0.2) is 52.5 Å². The maximum atomic E-state index is 13.5. The lowest BCUT2D eigenvalue weighted by Crippen LogP contribution is -2.50. The Hall–Kier alpha value is -2.93. The first-order chi connectivity index (χ1) is 12.3. The summed E-state index contributed by atoms with van der Waals surface area (Å²) in [6.07, 6.45) is 0.531. The second-order valence-corrected chi connectivity index (χ2v) is 5.83. The topological polar surface area (TPSA) is 101 Å². The van der Waals surface area contributed by atoms with Gasteiger partial charge in [0.1, 0.15) is 11.4 Å². The van der Waals surface area contributed by atoms with Gasteiger partial charge in [-0.1, -0.05) is 6.58 Å². The zero-order chi connectivity index (χ0) is 19.3. The molecule has 1 aliphatic heterocycles. The molecule has 2 heterocycles. The summed E-state index contributed by atoms with van der Waals surface area (Å²) < 4.78 is 27.0. The highest BCUT2D eigenvalue weighted by atomic mass is 19.3. The number of alkyl halides is 2. The van der Waals surface area contributed by atoms with Crippen molar-refractivity contribution in [2.24, 2.45) is 0 Å². The van der Waals surface area contributed by atoms with Crippen LogP contribution in [0.2, 0.25) is 0 Å². The largest absolute Gasteiger partial charge is 0.327 e. The maximum absolute atomic E-state index is 13.5. The van der Waals surface area contributed by atoms with Crippen LogP contribution in [0.25, 0.3) is 0 Å². The van der Waals surface area contributed by atoms with Gasteiger partial charge in [-0.25, -0.2) is 8.78 Å². The average molecular weight is 365 g/mol. The number of nitrogens with one attached hydrogen (secondary N) is 2. The van der Waals surface area contributed by atoms with Crippen molar-refractivity contribution in [1.82, 2.24) is 20.6 Å². The van der Waals surface area contributed by atoms with Crippen LogP contribution in [0, 0.1) is 16.2 Å². The molecule has 1 aliphatic rings. The van der Waals surface area contributed by atoms with Gasteiger partial charge in [0.15, 0.2) is 6.04 Å². The smallest absolute Gasteiger partial charge is 0.314 e. The second kappa shape index (κ2) is 7.97. The average Bonchev–Trinajstić information content (AvgIpc) is 2.94. The van der Waals surface area contributed by atoms with E-state index in [-0.39, 0.29) is 10.4 Å². The van der Waals surface area contributed by atoms with Crippen LogP contribution in [0.15, 0.2) is 31.0 Å². The molecular weight excluding hydrogens is 346 g/mol. The van der Waals surface area contributed by atoms with Crippen LogP contribution in [0.4, 0.5) is 8.78 Å². The Morgan fingerprint density at radius 2 is 2.42 bits per heavy atom. The number of nitrogens with zero attached hydrogens (tertiary/aromatic N) is 4. The van der Waals surface area contributed by atoms with E-state index in [4.69, 9.17) is 5.26 Å². The van der Waals surface area contributed by atoms with E-state index in [2.05, 4.69) is 22.2 Å². The lowest BCUT2D eigenvalue weighted by Gasteiger charge is -2.15. The highest BCUT2D eigenvalue weighted by Crippen LogP contribution is 2.32. The quantitative estimate of drug-likeness (QED) is 0.424. The van der Waals surface area contributed by atoms with E-state index in [1.54, 1.807) is 19.2 Å². The van der Waals surface area contributed by atoms with Crippen molar-refractivity contribution < 1.29 is 18.4 Å². The highest BCUT2D eigenvalue weighted by Gasteiger charge is 2.53. The summed E-state index contributed by atoms with van der Waals surface area (Å²) in [4.78, 5) is 29.0. The molecule has 0 saturated carbocycles. The highest BCUT2D eigenvalue weighted by molar-refractivity contribution is 5.94. The van der Waals surface area contributed by atoms with Crippen molar-refractivity contribution in [3.8, 4) is 6.07 Å². The third-order valence-corrected chi connectivity index (χ3v) is 3.82. The number of pyridine rings is 1. The van der Waals surface area contributed by atoms with Gasteiger partial charge in [0.25, 0.3) is 11.8 Å². The molecule has 0 unspecified atom stereocenters. The van der Waals surface area contributed by atoms with Crippen LogP contribution in [-0.2, 0) is 6.54 Å². The van der Waals surface area contributed by atoms with E-state index in [9.17, 15) is 18.5 Å². The van der Waals surface area contributed by atoms with E-state index < -0.39 is 37.0 Å². The van der Waals surface area contributed by atoms with Crippen molar-refractivity contribution in [3.05, 3.63) is 47.1 Å². The predicted molar refractivity (Wildman–Crippen MR) is 87.8 cm³/mol. The summed E-state index contributed by atoms with van der Waals surface area (Å²) in [6, 6.07) is 3.41. The molecule has 1 saturated heterocycles. The molecule has 138 valence electrons. The molecule has 1 amide bonds. The molecule has 0 radical (unpaired) electrons. The molecule has 0 bridgehead atoms. The fourth-order valence-electron chi connectivity index (χ4n) is 2.60. The third-order valence-electron chi connectivity index (χ3n) is 3.82. The summed E-state index contributed by atoms with van der Waals surface area (Å²) in [5, 5.41) is 15.0. The minimum Gasteiger partial charge on any atom is -0.314 e. The summed E-state index contributed by atoms with van der Waals surface area (Å²) in [6.45, 7) is 3.02. The molecule has 0 aliphatic carbocycles. The van der Waals surface area contributed by atoms with Crippen molar-refractivity contribution in [2.45, 2.75) is 31.1 Å². The fourth-order valence-corrected chi connectivity index (χ4v) is 2.60. The third kappa shape index (κ3) is 4.37. The van der Waals surface area contributed by atoms with Gasteiger partial charge >= 0.3 is 6.17 Å². The SMILES string of the molecule is C=C[C@H](NC(=O)c1ccnc(CNC)c1)[N+](=O)N1CC(F)(F)C[C@H]1C#N. The summed E-state index contributed by atoms with van der Waals surface area (Å²) >= 11 is 0. The number of aromatic nitrogens is 1. The van der Waals surface area contributed by atoms with E-state index in [1.807, 2.05) is 0 Å². The van der Waals surface area contributed by atoms with E-state index in [0.29, 0.717) is 17.2 Å². The lowest BCUT2D eigenvalue weighted by molar-refractivity contribution is -0.731. The number of carbonyl (C=O) groups excluding carboxylic acids is 1. The van der Waals surface area contributed by atoms with E-state index in [1.165, 1.54) is 12.3 Å². The normalized spacial score (nSPS) is 19.5. The zero-order valence-electron chi connectivity index (χ0n) is 14.2. The summed E-state index contributed by atoms with van der Waals surface area (Å²) in [7, 11) is 1.73. The molecule has 0 aromatic carbocycles. The second-order valence-electron chi connectivity index (χ2n) is 5.83.